The van der Waals surface area contributed by atoms with Crippen molar-refractivity contribution in [1.82, 2.24) is 24.9 Å². The molecule has 67 heavy (non-hydrogen) atoms. The molecule has 0 saturated carbocycles. The quantitative estimate of drug-likeness (QED) is 0.0894. The Hall–Kier alpha value is -4.76. The van der Waals surface area contributed by atoms with Crippen LogP contribution in [-0.2, 0) is 54.3 Å². The van der Waals surface area contributed by atoms with E-state index < -0.39 is 47.7 Å². The van der Waals surface area contributed by atoms with Gasteiger partial charge in [0.1, 0.15) is 0 Å². The Morgan fingerprint density at radius 3 is 2.13 bits per heavy atom. The van der Waals surface area contributed by atoms with Crippen molar-refractivity contribution in [1.29, 1.82) is 0 Å². The Balaban J connectivity index is 1.43. The molecule has 3 heterocycles. The predicted octanol–water partition coefficient (Wildman–Crippen LogP) is 5.71. The smallest absolute Gasteiger partial charge is 0.253 e. The van der Waals surface area contributed by atoms with Gasteiger partial charge < -0.3 is 29.5 Å². The number of unbranched alkanes of at least 4 members (excludes halogenated alkanes) is 2. The molecule has 15 heteroatoms. The number of methoxy groups -OCH3 is 2. The Morgan fingerprint density at radius 1 is 0.866 bits per heavy atom. The Labute approximate surface area is 399 Å². The van der Waals surface area contributed by atoms with E-state index in [-0.39, 0.29) is 78.1 Å². The minimum atomic E-state index is -1.07. The van der Waals surface area contributed by atoms with Crippen LogP contribution in [0.5, 0.6) is 0 Å². The average Bonchev–Trinajstić information content (AvgIpc) is 3.92. The summed E-state index contributed by atoms with van der Waals surface area (Å²) in [7, 11) is 4.81. The summed E-state index contributed by atoms with van der Waals surface area (Å²) >= 11 is 0. The molecule has 0 aliphatic carbocycles. The summed E-state index contributed by atoms with van der Waals surface area (Å²) in [6.07, 6.45) is 7.60. The van der Waals surface area contributed by atoms with E-state index in [2.05, 4.69) is 5.32 Å². The van der Waals surface area contributed by atoms with E-state index in [4.69, 9.17) is 9.47 Å². The molecule has 4 rings (SSSR count). The number of piperidine rings is 1. The van der Waals surface area contributed by atoms with Gasteiger partial charge in [-0.1, -0.05) is 77.8 Å². The largest absolute Gasteiger partial charge is 0.379 e. The molecule has 2 fully saturated rings. The van der Waals surface area contributed by atoms with Crippen LogP contribution in [0.15, 0.2) is 42.5 Å². The molecular formula is C52H79N5O10. The lowest BCUT2D eigenvalue weighted by Crippen LogP contribution is -2.58. The van der Waals surface area contributed by atoms with Gasteiger partial charge in [-0.15, -0.1) is 0 Å². The van der Waals surface area contributed by atoms with Crippen molar-refractivity contribution in [2.75, 3.05) is 40.9 Å². The second-order valence-electron chi connectivity index (χ2n) is 19.7. The molecule has 15 nitrogen and oxygen atoms in total. The molecule has 0 radical (unpaired) electrons. The Kier molecular flexibility index (Phi) is 20.9. The zero-order chi connectivity index (χ0) is 49.6. The molecule has 1 aromatic carbocycles. The fraction of sp³-hybridized carbons (Fsp3) is 0.692. The van der Waals surface area contributed by atoms with Gasteiger partial charge in [0, 0.05) is 71.8 Å². The van der Waals surface area contributed by atoms with Gasteiger partial charge in [0.25, 0.3) is 11.8 Å². The predicted molar refractivity (Wildman–Crippen MR) is 255 cm³/mol. The Bertz CT molecular complexity index is 1900. The van der Waals surface area contributed by atoms with Crippen molar-refractivity contribution in [2.45, 2.75) is 168 Å². The lowest BCUT2D eigenvalue weighted by atomic mass is 9.78. The summed E-state index contributed by atoms with van der Waals surface area (Å²) in [6.45, 7) is 14.2. The van der Waals surface area contributed by atoms with E-state index in [0.717, 1.165) is 24.8 Å². The Morgan fingerprint density at radius 2 is 1.54 bits per heavy atom. The van der Waals surface area contributed by atoms with Crippen molar-refractivity contribution in [3.8, 4) is 0 Å². The van der Waals surface area contributed by atoms with Crippen molar-refractivity contribution in [3.05, 3.63) is 48.0 Å². The third-order valence-electron chi connectivity index (χ3n) is 14.8. The van der Waals surface area contributed by atoms with Crippen LogP contribution in [0.2, 0.25) is 0 Å². The number of nitrogens with zero attached hydrogens (tertiary/aromatic N) is 4. The maximum absolute atomic E-state index is 14.7. The number of benzene rings is 1. The van der Waals surface area contributed by atoms with Crippen LogP contribution in [0.3, 0.4) is 0 Å². The standard InChI is InChI=1S/C52H79N5O10/c1-11-35(4)48(42(66-9)33-47(63)55-29-20-23-41(55)49(67-10)36(5)50(64)53-40(37(6)58)31-38-21-14-12-15-22-38)54(8)51(65)39(34(2)3)32-43(59)52(7)27-17-19-30-57(52)46(62)24-16-13-18-28-56-44(60)25-26-45(56)61/h12,14-15,21-22,25-26,34-36,39-42,48-49H,11,13,16-20,23-24,27-33H2,1-10H3,(H,53,64)/t35-,36+,39-,40-,41-,42+,48-,49+,52-/m0/s1. The number of hydrogen-bond donors (Lipinski definition) is 1. The first-order chi connectivity index (χ1) is 31.8. The van der Waals surface area contributed by atoms with Gasteiger partial charge in [0.15, 0.2) is 11.6 Å². The topological polar surface area (TPSA) is 180 Å². The molecule has 1 N–H and O–H groups in total. The molecule has 6 amide bonds. The average molecular weight is 934 g/mol. The first-order valence-electron chi connectivity index (χ1n) is 24.6. The van der Waals surface area contributed by atoms with Crippen LogP contribution in [0.4, 0.5) is 0 Å². The summed E-state index contributed by atoms with van der Waals surface area (Å²) < 4.78 is 12.1. The molecule has 0 bridgehead atoms. The molecule has 0 spiro atoms. The molecule has 1 aromatic rings. The molecule has 372 valence electrons. The minimum absolute atomic E-state index is 0.0216. The highest BCUT2D eigenvalue weighted by Gasteiger charge is 2.47. The maximum Gasteiger partial charge on any atom is 0.253 e. The first-order valence-corrected chi connectivity index (χ1v) is 24.6. The highest BCUT2D eigenvalue weighted by atomic mass is 16.5. The van der Waals surface area contributed by atoms with E-state index in [1.807, 2.05) is 65.0 Å². The lowest BCUT2D eigenvalue weighted by Gasteiger charge is -2.45. The SMILES string of the molecule is CC[C@H](C)[C@@H]([C@@H](CC(=O)N1CCC[C@H]1[C@H](OC)[C@@H](C)C(=O)N[C@@H](Cc1ccccc1)C(C)=O)OC)N(C)C(=O)[C@@H](CC(=O)[C@]1(C)CCCCN1C(=O)CCCCCN1C(=O)C=CC1=O)C(C)C. The maximum atomic E-state index is 14.7. The number of carbonyl (C=O) groups is 8. The lowest BCUT2D eigenvalue weighted by molar-refractivity contribution is -0.153. The highest BCUT2D eigenvalue weighted by Crippen LogP contribution is 2.35. The summed E-state index contributed by atoms with van der Waals surface area (Å²) in [6, 6.07) is 7.88. The number of hydrogen-bond acceptors (Lipinski definition) is 10. The van der Waals surface area contributed by atoms with Crippen molar-refractivity contribution < 1.29 is 47.8 Å². The first kappa shape index (κ1) is 54.8. The molecule has 3 aliphatic heterocycles. The fourth-order valence-corrected chi connectivity index (χ4v) is 10.4. The van der Waals surface area contributed by atoms with Gasteiger partial charge in [-0.2, -0.15) is 0 Å². The van der Waals surface area contributed by atoms with Gasteiger partial charge in [-0.25, -0.2) is 0 Å². The summed E-state index contributed by atoms with van der Waals surface area (Å²) in [5.41, 5.74) is -0.140. The van der Waals surface area contributed by atoms with Gasteiger partial charge in [0.2, 0.25) is 23.6 Å². The zero-order valence-corrected chi connectivity index (χ0v) is 41.9. The van der Waals surface area contributed by atoms with Crippen LogP contribution >= 0.6 is 0 Å². The number of rotatable bonds is 26. The molecule has 0 unspecified atom stereocenters. The van der Waals surface area contributed by atoms with Crippen LogP contribution in [0, 0.1) is 23.7 Å². The number of carbonyl (C=O) groups excluding carboxylic acids is 8. The van der Waals surface area contributed by atoms with E-state index >= 15 is 0 Å². The molecule has 9 atom stereocenters. The number of nitrogens with one attached hydrogen (secondary N) is 1. The van der Waals surface area contributed by atoms with Crippen molar-refractivity contribution in [3.63, 3.8) is 0 Å². The number of likely N-dealkylation sites (N-methyl/N-ethyl adjacent to an activating group) is 1. The van der Waals surface area contributed by atoms with Gasteiger partial charge in [-0.05, 0) is 82.6 Å². The van der Waals surface area contributed by atoms with E-state index in [0.29, 0.717) is 64.6 Å². The third-order valence-corrected chi connectivity index (χ3v) is 14.8. The normalized spacial score (nSPS) is 21.7. The van der Waals surface area contributed by atoms with Gasteiger partial charge in [0.05, 0.1) is 48.2 Å². The second-order valence-corrected chi connectivity index (χ2v) is 19.7. The monoisotopic (exact) mass is 934 g/mol. The number of amides is 6. The zero-order valence-electron chi connectivity index (χ0n) is 41.9. The van der Waals surface area contributed by atoms with Gasteiger partial charge >= 0.3 is 0 Å². The van der Waals surface area contributed by atoms with Crippen LogP contribution in [0.1, 0.15) is 131 Å². The number of imide groups is 1. The van der Waals surface area contributed by atoms with Crippen LogP contribution < -0.4 is 5.32 Å². The molecular weight excluding hydrogens is 855 g/mol. The fourth-order valence-electron chi connectivity index (χ4n) is 10.4. The summed E-state index contributed by atoms with van der Waals surface area (Å²) in [5, 5.41) is 2.94. The third kappa shape index (κ3) is 13.9. The highest BCUT2D eigenvalue weighted by molar-refractivity contribution is 6.12. The molecule has 2 saturated heterocycles. The minimum Gasteiger partial charge on any atom is -0.379 e. The van der Waals surface area contributed by atoms with E-state index in [1.165, 1.54) is 31.1 Å². The van der Waals surface area contributed by atoms with Crippen LogP contribution in [0.25, 0.3) is 0 Å². The second kappa shape index (κ2) is 25.6. The van der Waals surface area contributed by atoms with Crippen LogP contribution in [-0.4, -0.2) is 143 Å². The van der Waals surface area contributed by atoms with Gasteiger partial charge in [-0.3, -0.25) is 43.3 Å². The summed E-state index contributed by atoms with van der Waals surface area (Å²) in [4.78, 5) is 114. The number of ketones is 2. The summed E-state index contributed by atoms with van der Waals surface area (Å²) in [5.74, 6) is -3.45. The number of Topliss-reactive ketones (excluding diaryl/α,β-unsaturated/α-hetero) is 2. The molecule has 0 aromatic heterocycles. The number of likely N-dealkylation sites (tertiary alicyclic amines) is 2. The van der Waals surface area contributed by atoms with Crippen molar-refractivity contribution in [2.24, 2.45) is 23.7 Å². The number of ether oxygens (including phenoxy) is 2. The van der Waals surface area contributed by atoms with E-state index in [9.17, 15) is 38.4 Å². The molecule has 3 aliphatic rings. The van der Waals surface area contributed by atoms with Crippen molar-refractivity contribution >= 4 is 47.0 Å². The van der Waals surface area contributed by atoms with E-state index in [1.54, 1.807) is 35.8 Å².